The normalized spacial score (nSPS) is 11.2. The monoisotopic (exact) mass is 286 g/mol. The van der Waals surface area contributed by atoms with E-state index in [0.717, 1.165) is 0 Å². The maximum Gasteiger partial charge on any atom is 0.259 e. The van der Waals surface area contributed by atoms with E-state index in [4.69, 9.17) is 10.9 Å². The van der Waals surface area contributed by atoms with Crippen LogP contribution in [0.3, 0.4) is 0 Å². The van der Waals surface area contributed by atoms with Gasteiger partial charge in [0.15, 0.2) is 5.84 Å². The highest BCUT2D eigenvalue weighted by Crippen LogP contribution is 2.20. The Morgan fingerprint density at radius 2 is 2.00 bits per heavy atom. The van der Waals surface area contributed by atoms with Crippen molar-refractivity contribution in [3.63, 3.8) is 0 Å². The van der Waals surface area contributed by atoms with Crippen molar-refractivity contribution < 1.29 is 10.0 Å². The summed E-state index contributed by atoms with van der Waals surface area (Å²) in [6.07, 6.45) is 1.34. The van der Waals surface area contributed by atoms with Crippen LogP contribution in [-0.4, -0.2) is 29.0 Å². The van der Waals surface area contributed by atoms with Crippen LogP contribution in [-0.2, 0) is 0 Å². The van der Waals surface area contributed by atoms with Gasteiger partial charge >= 0.3 is 0 Å². The number of carbonyl (C=O) groups excluding carboxylic acids is 1. The van der Waals surface area contributed by atoms with Gasteiger partial charge in [0.1, 0.15) is 0 Å². The van der Waals surface area contributed by atoms with Gasteiger partial charge in [-0.05, 0) is 18.2 Å². The summed E-state index contributed by atoms with van der Waals surface area (Å²) in [6.45, 7) is 0. The molecule has 0 saturated carbocycles. The number of nitrogens with one attached hydrogen (secondary N) is 1. The third-order valence-corrected chi connectivity index (χ3v) is 2.98. The van der Waals surface area contributed by atoms with Gasteiger partial charge in [-0.3, -0.25) is 9.59 Å². The van der Waals surface area contributed by atoms with E-state index in [1.54, 1.807) is 31.3 Å². The van der Waals surface area contributed by atoms with Gasteiger partial charge in [-0.25, -0.2) is 0 Å². The number of anilines is 1. The molecule has 21 heavy (non-hydrogen) atoms. The first-order valence-electron chi connectivity index (χ1n) is 6.08. The van der Waals surface area contributed by atoms with Crippen LogP contribution in [0.15, 0.2) is 52.5 Å². The lowest BCUT2D eigenvalue weighted by Crippen LogP contribution is -2.29. The molecule has 2 aromatic rings. The number of H-pyrrole nitrogens is 1. The summed E-state index contributed by atoms with van der Waals surface area (Å²) < 4.78 is 0. The molecule has 7 heteroatoms. The Bertz CT molecular complexity index is 731. The molecule has 0 unspecified atom stereocenters. The predicted octanol–water partition coefficient (Wildman–Crippen LogP) is 0.746. The fourth-order valence-corrected chi connectivity index (χ4v) is 1.88. The zero-order valence-corrected chi connectivity index (χ0v) is 11.3. The van der Waals surface area contributed by atoms with Crippen LogP contribution < -0.4 is 16.2 Å². The van der Waals surface area contributed by atoms with E-state index in [9.17, 15) is 9.59 Å². The largest absolute Gasteiger partial charge is 0.409 e. The molecular weight excluding hydrogens is 272 g/mol. The minimum Gasteiger partial charge on any atom is -0.409 e. The minimum atomic E-state index is -0.329. The number of pyridine rings is 1. The molecule has 0 aliphatic rings. The zero-order chi connectivity index (χ0) is 15.4. The smallest absolute Gasteiger partial charge is 0.259 e. The number of nitrogens with zero attached hydrogens (tertiary/aromatic N) is 2. The molecule has 4 N–H and O–H groups in total. The summed E-state index contributed by atoms with van der Waals surface area (Å²) in [4.78, 5) is 27.2. The zero-order valence-electron chi connectivity index (χ0n) is 11.3. The number of nitrogens with two attached hydrogens (primary N) is 1. The summed E-state index contributed by atoms with van der Waals surface area (Å²) in [7, 11) is 1.57. The number of oxime groups is 1. The molecule has 0 saturated heterocycles. The predicted molar refractivity (Wildman–Crippen MR) is 78.7 cm³/mol. The summed E-state index contributed by atoms with van der Waals surface area (Å²) in [5, 5.41) is 11.8. The second kappa shape index (κ2) is 5.91. The highest BCUT2D eigenvalue weighted by Gasteiger charge is 2.17. The van der Waals surface area contributed by atoms with Crippen LogP contribution in [0.1, 0.15) is 15.9 Å². The molecule has 7 nitrogen and oxygen atoms in total. The third kappa shape index (κ3) is 2.92. The van der Waals surface area contributed by atoms with Crippen LogP contribution in [0.5, 0.6) is 0 Å². The highest BCUT2D eigenvalue weighted by molar-refractivity contribution is 6.10. The third-order valence-electron chi connectivity index (χ3n) is 2.98. The lowest BCUT2D eigenvalue weighted by atomic mass is 10.1. The van der Waals surface area contributed by atoms with E-state index in [1.165, 1.54) is 23.2 Å². The van der Waals surface area contributed by atoms with Crippen molar-refractivity contribution in [2.45, 2.75) is 0 Å². The summed E-state index contributed by atoms with van der Waals surface area (Å²) in [6, 6.07) is 9.48. The van der Waals surface area contributed by atoms with Gasteiger partial charge in [0, 0.05) is 24.9 Å². The van der Waals surface area contributed by atoms with Gasteiger partial charge in [-0.2, -0.15) is 0 Å². The van der Waals surface area contributed by atoms with Crippen molar-refractivity contribution in [1.29, 1.82) is 0 Å². The van der Waals surface area contributed by atoms with Gasteiger partial charge < -0.3 is 20.8 Å². The number of amides is 1. The first kappa shape index (κ1) is 14.3. The number of hydrogen-bond donors (Lipinski definition) is 3. The Labute approximate surface area is 120 Å². The molecular formula is C14H14N4O3. The second-order valence-corrected chi connectivity index (χ2v) is 4.31. The van der Waals surface area contributed by atoms with Gasteiger partial charge in [-0.15, -0.1) is 0 Å². The van der Waals surface area contributed by atoms with E-state index < -0.39 is 0 Å². The highest BCUT2D eigenvalue weighted by atomic mass is 16.4. The summed E-state index contributed by atoms with van der Waals surface area (Å²) >= 11 is 0. The lowest BCUT2D eigenvalue weighted by Gasteiger charge is -2.20. The first-order valence-corrected chi connectivity index (χ1v) is 6.08. The molecule has 0 bridgehead atoms. The van der Waals surface area contributed by atoms with E-state index in [2.05, 4.69) is 10.1 Å². The van der Waals surface area contributed by atoms with Gasteiger partial charge in [0.2, 0.25) is 5.56 Å². The topological polar surface area (TPSA) is 112 Å². The maximum absolute atomic E-state index is 12.4. The van der Waals surface area contributed by atoms with Gasteiger partial charge in [-0.1, -0.05) is 17.3 Å². The molecule has 1 amide bonds. The standard InChI is InChI=1S/C14H14N4O3/c1-18(14(20)9-6-7-12(19)16-8-9)11-5-3-2-4-10(11)13(15)17-21/h2-8,21H,1H3,(H2,15,17)(H,16,19). The number of benzene rings is 1. The molecule has 0 radical (unpaired) electrons. The number of carbonyl (C=O) groups is 1. The molecule has 2 rings (SSSR count). The summed E-state index contributed by atoms with van der Waals surface area (Å²) in [5.41, 5.74) is 6.57. The fourth-order valence-electron chi connectivity index (χ4n) is 1.88. The molecule has 1 heterocycles. The molecule has 0 aliphatic heterocycles. The van der Waals surface area contributed by atoms with Gasteiger partial charge in [0.05, 0.1) is 11.3 Å². The molecule has 0 fully saturated rings. The lowest BCUT2D eigenvalue weighted by molar-refractivity contribution is 0.0992. The number of hydrogen-bond acceptors (Lipinski definition) is 4. The van der Waals surface area contributed by atoms with E-state index >= 15 is 0 Å². The van der Waals surface area contributed by atoms with Crippen molar-refractivity contribution in [2.75, 3.05) is 11.9 Å². The summed E-state index contributed by atoms with van der Waals surface area (Å²) in [5.74, 6) is -0.420. The van der Waals surface area contributed by atoms with Crippen molar-refractivity contribution in [2.24, 2.45) is 10.9 Å². The quantitative estimate of drug-likeness (QED) is 0.334. The van der Waals surface area contributed by atoms with Crippen LogP contribution in [0.2, 0.25) is 0 Å². The molecule has 0 atom stereocenters. The van der Waals surface area contributed by atoms with Crippen molar-refractivity contribution >= 4 is 17.4 Å². The maximum atomic E-state index is 12.4. The number of aromatic amines is 1. The molecule has 1 aromatic carbocycles. The number of para-hydroxylation sites is 1. The Balaban J connectivity index is 2.40. The Kier molecular flexibility index (Phi) is 4.03. The van der Waals surface area contributed by atoms with Crippen LogP contribution >= 0.6 is 0 Å². The average Bonchev–Trinajstić information content (AvgIpc) is 2.53. The molecule has 1 aromatic heterocycles. The van der Waals surface area contributed by atoms with Crippen LogP contribution in [0.25, 0.3) is 0 Å². The Hall–Kier alpha value is -3.09. The van der Waals surface area contributed by atoms with E-state index in [0.29, 0.717) is 16.8 Å². The average molecular weight is 286 g/mol. The van der Waals surface area contributed by atoms with Crippen molar-refractivity contribution in [3.8, 4) is 0 Å². The van der Waals surface area contributed by atoms with Crippen LogP contribution in [0, 0.1) is 0 Å². The van der Waals surface area contributed by atoms with E-state index in [1.807, 2.05) is 0 Å². The van der Waals surface area contributed by atoms with Crippen LogP contribution in [0.4, 0.5) is 5.69 Å². The fraction of sp³-hybridized carbons (Fsp3) is 0.0714. The molecule has 108 valence electrons. The number of rotatable bonds is 3. The number of amidine groups is 1. The number of aromatic nitrogens is 1. The first-order chi connectivity index (χ1) is 10.0. The van der Waals surface area contributed by atoms with E-state index in [-0.39, 0.29) is 17.3 Å². The van der Waals surface area contributed by atoms with Gasteiger partial charge in [0.25, 0.3) is 5.91 Å². The van der Waals surface area contributed by atoms with Crippen molar-refractivity contribution in [1.82, 2.24) is 4.98 Å². The van der Waals surface area contributed by atoms with Crippen molar-refractivity contribution in [3.05, 3.63) is 64.1 Å². The Morgan fingerprint density at radius 1 is 1.29 bits per heavy atom. The Morgan fingerprint density at radius 3 is 2.62 bits per heavy atom. The molecule has 0 aliphatic carbocycles. The second-order valence-electron chi connectivity index (χ2n) is 4.31. The SMILES string of the molecule is CN(C(=O)c1ccc(=O)[nH]c1)c1ccccc1/C(N)=N/O. The minimum absolute atomic E-state index is 0.0910. The molecule has 0 spiro atoms.